The summed E-state index contributed by atoms with van der Waals surface area (Å²) < 4.78 is 0. The molecule has 0 radical (unpaired) electrons. The van der Waals surface area contributed by atoms with Gasteiger partial charge in [-0.05, 0) is 78.6 Å². The summed E-state index contributed by atoms with van der Waals surface area (Å²) in [5.74, 6) is 0.823. The Morgan fingerprint density at radius 2 is 1.88 bits per heavy atom. The summed E-state index contributed by atoms with van der Waals surface area (Å²) >= 11 is 0. The first-order valence-electron chi connectivity index (χ1n) is 14.3. The largest absolute Gasteiger partial charge is 0.355 e. The van der Waals surface area contributed by atoms with Crippen molar-refractivity contribution in [2.24, 2.45) is 5.92 Å². The number of nitrogens with zero attached hydrogens (tertiary/aromatic N) is 6. The van der Waals surface area contributed by atoms with Crippen molar-refractivity contribution in [3.8, 4) is 17.2 Å². The van der Waals surface area contributed by atoms with Gasteiger partial charge in [0.25, 0.3) is 11.8 Å². The number of fused-ring (bicyclic) bond motifs is 4. The molecule has 0 bridgehead atoms. The summed E-state index contributed by atoms with van der Waals surface area (Å²) in [4.78, 5) is 29.3. The van der Waals surface area contributed by atoms with Crippen molar-refractivity contribution >= 4 is 11.8 Å². The number of nitriles is 1. The highest BCUT2D eigenvalue weighted by Crippen LogP contribution is 2.54. The van der Waals surface area contributed by atoms with E-state index in [4.69, 9.17) is 0 Å². The summed E-state index contributed by atoms with van der Waals surface area (Å²) in [6.07, 6.45) is 2.63. The van der Waals surface area contributed by atoms with Crippen LogP contribution in [0.2, 0.25) is 0 Å². The number of rotatable bonds is 9. The number of carbonyl (C=O) groups excluding carboxylic acids is 2. The average molecular weight is 566 g/mol. The number of nitrogens with one attached hydrogen (secondary N) is 3. The molecule has 11 heteroatoms. The molecule has 42 heavy (non-hydrogen) atoms. The van der Waals surface area contributed by atoms with Crippen LogP contribution in [0.4, 0.5) is 0 Å². The molecule has 11 nitrogen and oxygen atoms in total. The van der Waals surface area contributed by atoms with Gasteiger partial charge >= 0.3 is 0 Å². The monoisotopic (exact) mass is 565 g/mol. The van der Waals surface area contributed by atoms with E-state index in [0.29, 0.717) is 41.9 Å². The van der Waals surface area contributed by atoms with Crippen LogP contribution in [-0.4, -0.2) is 88.1 Å². The topological polar surface area (TPSA) is 143 Å². The lowest BCUT2D eigenvalue weighted by Gasteiger charge is -2.33. The number of tetrazole rings is 1. The van der Waals surface area contributed by atoms with Crippen LogP contribution in [0.5, 0.6) is 0 Å². The smallest absolute Gasteiger partial charge is 0.253 e. The highest BCUT2D eigenvalue weighted by atomic mass is 16.2. The van der Waals surface area contributed by atoms with E-state index in [9.17, 15) is 14.9 Å². The van der Waals surface area contributed by atoms with Gasteiger partial charge in [-0.15, -0.1) is 10.2 Å². The fourth-order valence-corrected chi connectivity index (χ4v) is 6.94. The lowest BCUT2D eigenvalue weighted by atomic mass is 9.72. The zero-order valence-electron chi connectivity index (χ0n) is 24.3. The summed E-state index contributed by atoms with van der Waals surface area (Å²) in [5.41, 5.74) is 4.82. The second-order valence-electron chi connectivity index (χ2n) is 11.8. The van der Waals surface area contributed by atoms with E-state index in [1.165, 1.54) is 0 Å². The summed E-state index contributed by atoms with van der Waals surface area (Å²) in [5, 5.41) is 31.5. The molecule has 3 unspecified atom stereocenters. The van der Waals surface area contributed by atoms with E-state index >= 15 is 0 Å². The van der Waals surface area contributed by atoms with E-state index in [1.54, 1.807) is 26.0 Å². The third-order valence-electron chi connectivity index (χ3n) is 9.00. The molecule has 1 aromatic heterocycles. The van der Waals surface area contributed by atoms with Gasteiger partial charge in [-0.2, -0.15) is 10.5 Å². The van der Waals surface area contributed by atoms with Gasteiger partial charge in [-0.3, -0.25) is 9.59 Å². The Kier molecular flexibility index (Phi) is 6.81. The van der Waals surface area contributed by atoms with E-state index in [0.717, 1.165) is 40.8 Å². The van der Waals surface area contributed by atoms with Gasteiger partial charge in [0.15, 0.2) is 5.82 Å². The molecule has 1 aliphatic heterocycles. The Balaban J connectivity index is 1.39. The number of H-pyrrole nitrogens is 1. The molecule has 2 fully saturated rings. The Labute approximate surface area is 245 Å². The first-order chi connectivity index (χ1) is 20.2. The SMILES string of the molecule is C=C(CN[C@@H](C)CC1(c2nn[nH]n2)c2ccc(C(=O)NC)cc2-c2cc(C(=O)N(C)C)ccc21)N1C(C#N)C[C@@H]2CC21. The van der Waals surface area contributed by atoms with Gasteiger partial charge < -0.3 is 20.4 Å². The number of piperidine rings is 1. The van der Waals surface area contributed by atoms with Crippen molar-refractivity contribution in [3.05, 3.63) is 76.8 Å². The summed E-state index contributed by atoms with van der Waals surface area (Å²) in [6.45, 7) is 6.99. The first kappa shape index (κ1) is 27.6. The zero-order valence-corrected chi connectivity index (χ0v) is 24.3. The highest BCUT2D eigenvalue weighted by molar-refractivity contribution is 5.99. The Morgan fingerprint density at radius 3 is 2.50 bits per heavy atom. The number of amides is 2. The van der Waals surface area contributed by atoms with Crippen molar-refractivity contribution in [2.75, 3.05) is 27.7 Å². The molecule has 3 aliphatic rings. The second kappa shape index (κ2) is 10.4. The molecule has 2 heterocycles. The minimum atomic E-state index is -0.795. The van der Waals surface area contributed by atoms with E-state index in [2.05, 4.69) is 55.7 Å². The summed E-state index contributed by atoms with van der Waals surface area (Å²) in [6, 6.07) is 14.1. The van der Waals surface area contributed by atoms with Crippen LogP contribution in [0, 0.1) is 17.2 Å². The first-order valence-corrected chi connectivity index (χ1v) is 14.3. The number of hydrogen-bond acceptors (Lipinski definition) is 8. The van der Waals surface area contributed by atoms with Gasteiger partial charge in [-0.1, -0.05) is 23.9 Å². The Morgan fingerprint density at radius 1 is 1.19 bits per heavy atom. The van der Waals surface area contributed by atoms with Crippen LogP contribution in [0.25, 0.3) is 11.1 Å². The average Bonchev–Trinajstić information content (AvgIpc) is 3.32. The number of benzene rings is 2. The van der Waals surface area contributed by atoms with Gasteiger partial charge in [0.05, 0.1) is 11.5 Å². The number of aromatic nitrogens is 4. The van der Waals surface area contributed by atoms with Crippen molar-refractivity contribution in [1.29, 1.82) is 5.26 Å². The van der Waals surface area contributed by atoms with Crippen LogP contribution in [0.15, 0.2) is 48.7 Å². The van der Waals surface area contributed by atoms with Crippen LogP contribution in [0.1, 0.15) is 63.9 Å². The van der Waals surface area contributed by atoms with E-state index in [1.807, 2.05) is 36.4 Å². The molecule has 5 atom stereocenters. The summed E-state index contributed by atoms with van der Waals surface area (Å²) in [7, 11) is 5.05. The predicted octanol–water partition coefficient (Wildman–Crippen LogP) is 2.44. The molecule has 1 saturated carbocycles. The molecule has 216 valence electrons. The normalized spacial score (nSPS) is 23.8. The predicted molar refractivity (Wildman–Crippen MR) is 156 cm³/mol. The molecular formula is C31H35N9O2. The fourth-order valence-electron chi connectivity index (χ4n) is 6.94. The second-order valence-corrected chi connectivity index (χ2v) is 11.8. The van der Waals surface area contributed by atoms with Gasteiger partial charge in [0, 0.05) is 56.6 Å². The maximum Gasteiger partial charge on any atom is 0.253 e. The van der Waals surface area contributed by atoms with Crippen molar-refractivity contribution in [1.82, 2.24) is 41.1 Å². The number of hydrogen-bond donors (Lipinski definition) is 3. The van der Waals surface area contributed by atoms with Crippen molar-refractivity contribution in [2.45, 2.75) is 49.7 Å². The van der Waals surface area contributed by atoms with Gasteiger partial charge in [0.2, 0.25) is 0 Å². The quantitative estimate of drug-likeness (QED) is 0.359. The zero-order chi connectivity index (χ0) is 29.8. The van der Waals surface area contributed by atoms with E-state index in [-0.39, 0.29) is 23.9 Å². The Hall–Kier alpha value is -4.56. The molecular weight excluding hydrogens is 530 g/mol. The molecule has 2 aromatic carbocycles. The maximum atomic E-state index is 13.0. The lowest BCUT2D eigenvalue weighted by Crippen LogP contribution is -2.41. The van der Waals surface area contributed by atoms with Crippen LogP contribution >= 0.6 is 0 Å². The Bertz CT molecular complexity index is 1610. The van der Waals surface area contributed by atoms with Crippen molar-refractivity contribution < 1.29 is 9.59 Å². The third kappa shape index (κ3) is 4.34. The molecule has 2 aliphatic carbocycles. The van der Waals surface area contributed by atoms with Crippen molar-refractivity contribution in [3.63, 3.8) is 0 Å². The number of likely N-dealkylation sites (tertiary alicyclic amines) is 1. The minimum absolute atomic E-state index is 0.0288. The molecule has 6 rings (SSSR count). The van der Waals surface area contributed by atoms with Crippen LogP contribution < -0.4 is 10.6 Å². The third-order valence-corrected chi connectivity index (χ3v) is 9.00. The maximum absolute atomic E-state index is 13.0. The molecule has 3 aromatic rings. The molecule has 1 saturated heterocycles. The van der Waals surface area contributed by atoms with Gasteiger partial charge in [-0.25, -0.2) is 0 Å². The number of aromatic amines is 1. The minimum Gasteiger partial charge on any atom is -0.355 e. The van der Waals surface area contributed by atoms with Crippen LogP contribution in [-0.2, 0) is 5.41 Å². The van der Waals surface area contributed by atoms with E-state index < -0.39 is 5.41 Å². The molecule has 0 spiro atoms. The highest BCUT2D eigenvalue weighted by Gasteiger charge is 2.53. The molecule has 3 N–H and O–H groups in total. The fraction of sp³-hybridized carbons (Fsp3) is 0.419. The van der Waals surface area contributed by atoms with Gasteiger partial charge in [0.1, 0.15) is 6.04 Å². The standard InChI is InChI=1S/C31H35N9O2/c1-17(34-16-18(2)40-22(15-32)10-21-13-27(21)40)14-31(30-35-37-38-36-30)25-8-6-19(28(41)33-3)11-23(25)24-12-20(7-9-26(24)31)29(42)39(4)5/h6-9,11-12,17,21-22,27,34H,2,10,13-14,16H2,1,3-5H3,(H,33,41)(H,35,36,37,38)/t17-,21+,22?,27?,31?/m0/s1. The van der Waals surface area contributed by atoms with Crippen LogP contribution in [0.3, 0.4) is 0 Å². The molecule has 2 amide bonds. The lowest BCUT2D eigenvalue weighted by molar-refractivity contribution is 0.0827. The number of carbonyl (C=O) groups is 2.